The lowest BCUT2D eigenvalue weighted by atomic mass is 10.1. The number of aliphatic carboxylic acids is 4. The lowest BCUT2D eigenvalue weighted by Gasteiger charge is -2.06. The van der Waals surface area contributed by atoms with Crippen molar-refractivity contribution in [1.82, 2.24) is 4.98 Å². The van der Waals surface area contributed by atoms with E-state index in [1.54, 1.807) is 11.8 Å². The molecule has 1 heterocycles. The van der Waals surface area contributed by atoms with Gasteiger partial charge in [0.25, 0.3) is 0 Å². The number of nitrogens with two attached hydrogens (primary N) is 5. The fourth-order valence-corrected chi connectivity index (χ4v) is 3.32. The monoisotopic (exact) mass is 618 g/mol. The van der Waals surface area contributed by atoms with Gasteiger partial charge in [-0.2, -0.15) is 11.8 Å². The van der Waals surface area contributed by atoms with Gasteiger partial charge in [0, 0.05) is 23.5 Å². The molecule has 0 spiro atoms. The number of nitrogens with one attached hydrogen (secondary N) is 1. The predicted molar refractivity (Wildman–Crippen MR) is 162 cm³/mol. The zero-order chi connectivity index (χ0) is 32.8. The number of benzene rings is 1. The van der Waals surface area contributed by atoms with E-state index in [-0.39, 0.29) is 0 Å². The average Bonchev–Trinajstić information content (AvgIpc) is 3.34. The molecule has 2 aromatic rings. The molecule has 16 heteroatoms. The van der Waals surface area contributed by atoms with E-state index in [1.165, 1.54) is 6.92 Å². The number of thioether (sulfide) groups is 1. The molecule has 0 aliphatic rings. The SMILES string of the molecule is CSCC[C@H](N)C(=O)O.C[C@@H](O)[C@H](N)C(=O)O.NCCCC[C@H](N)C(=O)O.N[C@@H](Cc1c[nH]c2ccccc12)C(=O)O. The largest absolute Gasteiger partial charge is 0.480 e. The van der Waals surface area contributed by atoms with E-state index in [0.29, 0.717) is 25.8 Å². The summed E-state index contributed by atoms with van der Waals surface area (Å²) in [4.78, 5) is 43.8. The first-order chi connectivity index (χ1) is 19.6. The second-order valence-corrected chi connectivity index (χ2v) is 10.1. The molecule has 0 bridgehead atoms. The molecule has 0 fully saturated rings. The molecule has 0 saturated carbocycles. The van der Waals surface area contributed by atoms with Crippen LogP contribution in [0.1, 0.15) is 38.2 Å². The average molecular weight is 619 g/mol. The van der Waals surface area contributed by atoms with Gasteiger partial charge < -0.3 is 59.2 Å². The van der Waals surface area contributed by atoms with E-state index in [2.05, 4.69) is 4.98 Å². The van der Waals surface area contributed by atoms with Crippen LogP contribution in [0.25, 0.3) is 10.9 Å². The van der Waals surface area contributed by atoms with Crippen molar-refractivity contribution in [3.05, 3.63) is 36.0 Å². The molecule has 42 heavy (non-hydrogen) atoms. The van der Waals surface area contributed by atoms with Crippen molar-refractivity contribution >= 4 is 46.5 Å². The molecular weight excluding hydrogens is 572 g/mol. The summed E-state index contributed by atoms with van der Waals surface area (Å²) in [5.74, 6) is -3.19. The van der Waals surface area contributed by atoms with Gasteiger partial charge in [-0.1, -0.05) is 24.6 Å². The van der Waals surface area contributed by atoms with Crippen molar-refractivity contribution < 1.29 is 44.7 Å². The van der Waals surface area contributed by atoms with Crippen LogP contribution in [-0.4, -0.2) is 103 Å². The van der Waals surface area contributed by atoms with Crippen molar-refractivity contribution in [2.45, 2.75) is 69.3 Å². The fraction of sp³-hybridized carbons (Fsp3) is 0.538. The molecule has 0 aliphatic heterocycles. The number of aliphatic hydroxyl groups is 1. The first-order valence-corrected chi connectivity index (χ1v) is 14.3. The summed E-state index contributed by atoms with van der Waals surface area (Å²) in [6.07, 6.45) is 5.82. The molecule has 0 amide bonds. The normalized spacial score (nSPS) is 13.8. The van der Waals surface area contributed by atoms with Gasteiger partial charge in [-0.3, -0.25) is 19.2 Å². The third-order valence-corrected chi connectivity index (χ3v) is 6.12. The number of aromatic nitrogens is 1. The van der Waals surface area contributed by atoms with Crippen molar-refractivity contribution in [2.24, 2.45) is 28.7 Å². The van der Waals surface area contributed by atoms with Crippen LogP contribution in [-0.2, 0) is 25.6 Å². The number of H-pyrrole nitrogens is 1. The lowest BCUT2D eigenvalue weighted by Crippen LogP contribution is -2.39. The van der Waals surface area contributed by atoms with Gasteiger partial charge in [0.05, 0.1) is 6.10 Å². The van der Waals surface area contributed by atoms with Crippen LogP contribution in [0.3, 0.4) is 0 Å². The highest BCUT2D eigenvalue weighted by Gasteiger charge is 2.16. The molecule has 1 aromatic carbocycles. The number of aliphatic hydroxyl groups excluding tert-OH is 1. The van der Waals surface area contributed by atoms with Crippen LogP contribution in [0.5, 0.6) is 0 Å². The summed E-state index contributed by atoms with van der Waals surface area (Å²) in [5.41, 5.74) is 28.0. The molecule has 15 nitrogen and oxygen atoms in total. The van der Waals surface area contributed by atoms with E-state index in [4.69, 9.17) is 54.2 Å². The summed E-state index contributed by atoms with van der Waals surface area (Å²) in [7, 11) is 0. The molecule has 0 radical (unpaired) electrons. The second kappa shape index (κ2) is 23.3. The number of para-hydroxylation sites is 1. The van der Waals surface area contributed by atoms with Crippen molar-refractivity contribution in [1.29, 1.82) is 0 Å². The van der Waals surface area contributed by atoms with Gasteiger partial charge in [-0.15, -0.1) is 0 Å². The Bertz CT molecular complexity index is 1070. The Labute approximate surface area is 248 Å². The Morgan fingerprint density at radius 2 is 1.36 bits per heavy atom. The summed E-state index contributed by atoms with van der Waals surface area (Å²) in [6, 6.07) is 4.36. The molecule has 0 saturated heterocycles. The summed E-state index contributed by atoms with van der Waals surface area (Å²) in [6.45, 7) is 1.94. The Morgan fingerprint density at radius 1 is 0.833 bits per heavy atom. The lowest BCUT2D eigenvalue weighted by molar-refractivity contribution is -0.141. The summed E-state index contributed by atoms with van der Waals surface area (Å²) in [5, 5.41) is 42.9. The van der Waals surface area contributed by atoms with E-state index >= 15 is 0 Å². The second-order valence-electron chi connectivity index (χ2n) is 9.07. The number of carboxylic acids is 4. The van der Waals surface area contributed by atoms with Gasteiger partial charge in [-0.25, -0.2) is 0 Å². The summed E-state index contributed by atoms with van der Waals surface area (Å²) < 4.78 is 0. The van der Waals surface area contributed by atoms with Crippen LogP contribution < -0.4 is 28.7 Å². The van der Waals surface area contributed by atoms with E-state index in [9.17, 15) is 19.2 Å². The van der Waals surface area contributed by atoms with Crippen LogP contribution in [0.15, 0.2) is 30.5 Å². The molecule has 5 atom stereocenters. The number of unbranched alkanes of at least 4 members (excludes halogenated alkanes) is 1. The minimum Gasteiger partial charge on any atom is -0.480 e. The first-order valence-electron chi connectivity index (χ1n) is 13.0. The fourth-order valence-electron chi connectivity index (χ4n) is 2.83. The molecule has 1 aromatic heterocycles. The highest BCUT2D eigenvalue weighted by molar-refractivity contribution is 7.98. The van der Waals surface area contributed by atoms with Gasteiger partial charge >= 0.3 is 23.9 Å². The van der Waals surface area contributed by atoms with E-state index in [0.717, 1.165) is 35.1 Å². The number of fused-ring (bicyclic) bond motifs is 1. The molecule has 0 aliphatic carbocycles. The zero-order valence-corrected chi connectivity index (χ0v) is 24.7. The maximum Gasteiger partial charge on any atom is 0.323 e. The molecular formula is C26H46N6O9S. The number of carboxylic acid groups (broad SMARTS) is 4. The Hall–Kier alpha value is -3.25. The maximum absolute atomic E-state index is 10.6. The molecule has 16 N–H and O–H groups in total. The summed E-state index contributed by atoms with van der Waals surface area (Å²) >= 11 is 1.60. The van der Waals surface area contributed by atoms with E-state index < -0.39 is 54.1 Å². The van der Waals surface area contributed by atoms with Gasteiger partial charge in [0.15, 0.2) is 0 Å². The predicted octanol–water partition coefficient (Wildman–Crippen LogP) is -0.420. The quantitative estimate of drug-likeness (QED) is 0.120. The van der Waals surface area contributed by atoms with Gasteiger partial charge in [0.1, 0.15) is 24.2 Å². The molecule has 0 unspecified atom stereocenters. The number of rotatable bonds is 14. The van der Waals surface area contributed by atoms with Gasteiger partial charge in [-0.05, 0) is 56.4 Å². The Kier molecular flexibility index (Phi) is 22.7. The van der Waals surface area contributed by atoms with Crippen LogP contribution in [0.2, 0.25) is 0 Å². The topological polar surface area (TPSA) is 315 Å². The minimum atomic E-state index is -1.18. The van der Waals surface area contributed by atoms with Crippen LogP contribution in [0.4, 0.5) is 0 Å². The van der Waals surface area contributed by atoms with Gasteiger partial charge in [0.2, 0.25) is 0 Å². The zero-order valence-electron chi connectivity index (χ0n) is 23.9. The minimum absolute atomic E-state index is 0.347. The Balaban J connectivity index is 0. The van der Waals surface area contributed by atoms with Crippen LogP contribution in [0, 0.1) is 0 Å². The number of carbonyl (C=O) groups is 4. The standard InChI is InChI=1S/C11H12N2O2.C6H14N2O2.C5H11NO2S.C4H9NO3/c12-9(11(14)15)5-7-6-13-10-4-2-1-3-8(7)10;7-4-2-1-3-5(8)6(9)10;1-9-3-2-4(6)5(7)8;1-2(6)3(5)4(7)8/h1-4,6,9,13H,5,12H2,(H,14,15);5H,1-4,7-8H2,(H,9,10);4H,2-3,6H2,1H3,(H,7,8);2-3,6H,5H2,1H3,(H,7,8)/t9-;5-;4-;2-,3+/m0001/s1. The third-order valence-electron chi connectivity index (χ3n) is 5.47. The number of hydrogen-bond donors (Lipinski definition) is 11. The van der Waals surface area contributed by atoms with Crippen molar-refractivity contribution in [3.8, 4) is 0 Å². The third kappa shape index (κ3) is 19.0. The van der Waals surface area contributed by atoms with E-state index in [1.807, 2.05) is 36.7 Å². The number of hydrogen-bond acceptors (Lipinski definition) is 11. The molecule has 2 rings (SSSR count). The smallest absolute Gasteiger partial charge is 0.323 e. The van der Waals surface area contributed by atoms with Crippen molar-refractivity contribution in [2.75, 3.05) is 18.6 Å². The number of aromatic amines is 1. The van der Waals surface area contributed by atoms with Crippen molar-refractivity contribution in [3.63, 3.8) is 0 Å². The highest BCUT2D eigenvalue weighted by Crippen LogP contribution is 2.18. The first kappa shape index (κ1) is 40.9. The highest BCUT2D eigenvalue weighted by atomic mass is 32.2. The molecule has 240 valence electrons. The Morgan fingerprint density at radius 3 is 1.79 bits per heavy atom. The maximum atomic E-state index is 10.6. The van der Waals surface area contributed by atoms with Crippen LogP contribution >= 0.6 is 11.8 Å².